The van der Waals surface area contributed by atoms with Gasteiger partial charge in [0.2, 0.25) is 0 Å². The van der Waals surface area contributed by atoms with Crippen molar-refractivity contribution in [3.05, 3.63) is 64.1 Å². The van der Waals surface area contributed by atoms with Crippen molar-refractivity contribution in [2.24, 2.45) is 0 Å². The zero-order valence-corrected chi connectivity index (χ0v) is 19.7. The summed E-state index contributed by atoms with van der Waals surface area (Å²) in [7, 11) is 0. The number of piperazine rings is 1. The summed E-state index contributed by atoms with van der Waals surface area (Å²) in [6.07, 6.45) is 2.08. The van der Waals surface area contributed by atoms with E-state index in [2.05, 4.69) is 62.2 Å². The lowest BCUT2D eigenvalue weighted by Crippen LogP contribution is -2.52. The Bertz CT molecular complexity index is 855. The molecule has 0 unspecified atom stereocenters. The number of nitrogens with zero attached hydrogens (tertiary/aromatic N) is 2. The van der Waals surface area contributed by atoms with Gasteiger partial charge >= 0.3 is 0 Å². The van der Waals surface area contributed by atoms with Gasteiger partial charge in [0, 0.05) is 38.3 Å². The maximum Gasteiger partial charge on any atom is 0.257 e. The largest absolute Gasteiger partial charge is 0.492 e. The lowest BCUT2D eigenvalue weighted by atomic mass is 10.2. The van der Waals surface area contributed by atoms with Crippen LogP contribution in [0.15, 0.2) is 53.0 Å². The van der Waals surface area contributed by atoms with Crippen LogP contribution in [0.4, 0.5) is 0 Å². The van der Waals surface area contributed by atoms with Crippen molar-refractivity contribution in [1.29, 1.82) is 0 Å². The molecule has 0 saturated carbocycles. The Hall–Kier alpha value is -1.96. The van der Waals surface area contributed by atoms with Gasteiger partial charge in [0.1, 0.15) is 5.75 Å². The number of benzene rings is 2. The number of halogens is 1. The van der Waals surface area contributed by atoms with Gasteiger partial charge in [-0.05, 0) is 58.3 Å². The second kappa shape index (κ2) is 11.4. The first kappa shape index (κ1) is 22.7. The molecule has 0 bridgehead atoms. The highest BCUT2D eigenvalue weighted by atomic mass is 79.9. The average molecular weight is 490 g/mol. The molecule has 2 aromatic rings. The van der Waals surface area contributed by atoms with Crippen molar-refractivity contribution >= 4 is 39.2 Å². The Morgan fingerprint density at radius 1 is 1.13 bits per heavy atom. The summed E-state index contributed by atoms with van der Waals surface area (Å²) in [5, 5.41) is 3.35. The fourth-order valence-corrected chi connectivity index (χ4v) is 4.05. The molecule has 0 spiro atoms. The quantitative estimate of drug-likeness (QED) is 0.459. The van der Waals surface area contributed by atoms with E-state index in [0.29, 0.717) is 17.3 Å². The Kier molecular flexibility index (Phi) is 8.66. The minimum atomic E-state index is -0.201. The molecule has 7 heteroatoms. The maximum atomic E-state index is 12.6. The molecule has 3 rings (SSSR count). The standard InChI is InChI=1S/C23H28BrN3O2S/c1-2-3-15-29-21-10-9-19(16-20(21)24)22(28)25-23(30)27-13-11-26(12-14-27)17-18-7-5-4-6-8-18/h4-10,16H,2-3,11-15,17H2,1H3,(H,25,28,30). The van der Waals surface area contributed by atoms with Crippen molar-refractivity contribution in [1.82, 2.24) is 15.1 Å². The molecule has 2 aromatic carbocycles. The summed E-state index contributed by atoms with van der Waals surface area (Å²) in [5.41, 5.74) is 1.87. The molecule has 30 heavy (non-hydrogen) atoms. The second-order valence-corrected chi connectivity index (χ2v) is 8.60. The van der Waals surface area contributed by atoms with Crippen LogP contribution in [-0.4, -0.2) is 53.6 Å². The molecule has 1 aliphatic rings. The van der Waals surface area contributed by atoms with Gasteiger partial charge in [-0.2, -0.15) is 0 Å². The van der Waals surface area contributed by atoms with Gasteiger partial charge in [0.05, 0.1) is 11.1 Å². The number of amides is 1. The van der Waals surface area contributed by atoms with Gasteiger partial charge in [0.15, 0.2) is 5.11 Å². The first-order valence-corrected chi connectivity index (χ1v) is 11.6. The second-order valence-electron chi connectivity index (χ2n) is 7.36. The molecule has 1 N–H and O–H groups in total. The highest BCUT2D eigenvalue weighted by Crippen LogP contribution is 2.26. The third-order valence-corrected chi connectivity index (χ3v) is 6.06. The van der Waals surface area contributed by atoms with Crippen LogP contribution in [0.1, 0.15) is 35.7 Å². The number of hydrogen-bond acceptors (Lipinski definition) is 4. The number of nitrogens with one attached hydrogen (secondary N) is 1. The normalized spacial score (nSPS) is 14.4. The molecule has 1 fully saturated rings. The van der Waals surface area contributed by atoms with Crippen LogP contribution in [-0.2, 0) is 6.54 Å². The topological polar surface area (TPSA) is 44.8 Å². The molecule has 0 aromatic heterocycles. The van der Waals surface area contributed by atoms with E-state index in [-0.39, 0.29) is 5.91 Å². The molecular weight excluding hydrogens is 462 g/mol. The van der Waals surface area contributed by atoms with Crippen LogP contribution in [0.25, 0.3) is 0 Å². The molecule has 5 nitrogen and oxygen atoms in total. The number of unbranched alkanes of at least 4 members (excludes halogenated alkanes) is 1. The molecule has 1 amide bonds. The van der Waals surface area contributed by atoms with Gasteiger partial charge in [-0.15, -0.1) is 0 Å². The van der Waals surface area contributed by atoms with Crippen molar-refractivity contribution in [2.45, 2.75) is 26.3 Å². The van der Waals surface area contributed by atoms with Crippen LogP contribution >= 0.6 is 28.1 Å². The minimum absolute atomic E-state index is 0.201. The monoisotopic (exact) mass is 489 g/mol. The summed E-state index contributed by atoms with van der Waals surface area (Å²) in [5.74, 6) is 0.546. The number of carbonyl (C=O) groups is 1. The molecule has 1 heterocycles. The Balaban J connectivity index is 1.47. The summed E-state index contributed by atoms with van der Waals surface area (Å²) in [4.78, 5) is 17.1. The molecular formula is C23H28BrN3O2S. The number of carbonyl (C=O) groups excluding carboxylic acids is 1. The van der Waals surface area contributed by atoms with E-state index < -0.39 is 0 Å². The predicted octanol–water partition coefficient (Wildman–Crippen LogP) is 4.46. The first-order valence-electron chi connectivity index (χ1n) is 10.4. The number of hydrogen-bond donors (Lipinski definition) is 1. The SMILES string of the molecule is CCCCOc1ccc(C(=O)NC(=S)N2CCN(Cc3ccccc3)CC2)cc1Br. The van der Waals surface area contributed by atoms with Crippen LogP contribution < -0.4 is 10.1 Å². The van der Waals surface area contributed by atoms with Crippen molar-refractivity contribution < 1.29 is 9.53 Å². The molecule has 0 aliphatic carbocycles. The molecule has 1 aliphatic heterocycles. The summed E-state index contributed by atoms with van der Waals surface area (Å²) in [6.45, 7) is 7.17. The van der Waals surface area contributed by atoms with Gasteiger partial charge in [0.25, 0.3) is 5.91 Å². The Labute approximate surface area is 192 Å². The minimum Gasteiger partial charge on any atom is -0.492 e. The van der Waals surface area contributed by atoms with Gasteiger partial charge in [-0.25, -0.2) is 0 Å². The molecule has 0 radical (unpaired) electrons. The smallest absolute Gasteiger partial charge is 0.257 e. The highest BCUT2D eigenvalue weighted by molar-refractivity contribution is 9.10. The highest BCUT2D eigenvalue weighted by Gasteiger charge is 2.21. The average Bonchev–Trinajstić information content (AvgIpc) is 2.76. The number of rotatable bonds is 7. The van der Waals surface area contributed by atoms with Gasteiger partial charge < -0.3 is 9.64 Å². The Morgan fingerprint density at radius 3 is 2.53 bits per heavy atom. The van der Waals surface area contributed by atoms with E-state index in [1.807, 2.05) is 12.1 Å². The van der Waals surface area contributed by atoms with Crippen molar-refractivity contribution in [3.63, 3.8) is 0 Å². The first-order chi connectivity index (χ1) is 14.6. The van der Waals surface area contributed by atoms with Gasteiger partial charge in [-0.3, -0.25) is 15.0 Å². The lowest BCUT2D eigenvalue weighted by Gasteiger charge is -2.36. The van der Waals surface area contributed by atoms with Crippen LogP contribution in [0, 0.1) is 0 Å². The van der Waals surface area contributed by atoms with E-state index in [0.717, 1.165) is 55.8 Å². The van der Waals surface area contributed by atoms with Crippen LogP contribution in [0.5, 0.6) is 5.75 Å². The molecule has 1 saturated heterocycles. The van der Waals surface area contributed by atoms with E-state index in [1.165, 1.54) is 5.56 Å². The summed E-state index contributed by atoms with van der Waals surface area (Å²) >= 11 is 8.98. The third-order valence-electron chi connectivity index (χ3n) is 5.08. The van der Waals surface area contributed by atoms with E-state index >= 15 is 0 Å². The molecule has 160 valence electrons. The third kappa shape index (κ3) is 6.52. The fraction of sp³-hybridized carbons (Fsp3) is 0.391. The van der Waals surface area contributed by atoms with E-state index in [4.69, 9.17) is 17.0 Å². The zero-order valence-electron chi connectivity index (χ0n) is 17.3. The molecule has 0 atom stereocenters. The summed E-state index contributed by atoms with van der Waals surface area (Å²) < 4.78 is 6.49. The van der Waals surface area contributed by atoms with Crippen LogP contribution in [0.2, 0.25) is 0 Å². The van der Waals surface area contributed by atoms with Crippen LogP contribution in [0.3, 0.4) is 0 Å². The van der Waals surface area contributed by atoms with E-state index in [9.17, 15) is 4.79 Å². The predicted molar refractivity (Wildman–Crippen MR) is 128 cm³/mol. The lowest BCUT2D eigenvalue weighted by molar-refractivity contribution is 0.0969. The zero-order chi connectivity index (χ0) is 21.3. The number of thiocarbonyl (C=S) groups is 1. The van der Waals surface area contributed by atoms with Gasteiger partial charge in [-0.1, -0.05) is 43.7 Å². The van der Waals surface area contributed by atoms with Crippen molar-refractivity contribution in [3.8, 4) is 5.75 Å². The number of ether oxygens (including phenoxy) is 1. The maximum absolute atomic E-state index is 12.6. The van der Waals surface area contributed by atoms with E-state index in [1.54, 1.807) is 12.1 Å². The van der Waals surface area contributed by atoms with Crippen molar-refractivity contribution in [2.75, 3.05) is 32.8 Å². The fourth-order valence-electron chi connectivity index (χ4n) is 3.28. The summed E-state index contributed by atoms with van der Waals surface area (Å²) in [6, 6.07) is 15.8. The Morgan fingerprint density at radius 2 is 1.87 bits per heavy atom.